The summed E-state index contributed by atoms with van der Waals surface area (Å²) in [6.07, 6.45) is -4.57. The number of rotatable bonds is 3. The molecule has 0 bridgehead atoms. The Balaban J connectivity index is 0.00000225. The van der Waals surface area contributed by atoms with Gasteiger partial charge in [0.05, 0.1) is 16.6 Å². The van der Waals surface area contributed by atoms with Gasteiger partial charge in [-0.15, -0.1) is 23.7 Å². The predicted octanol–water partition coefficient (Wildman–Crippen LogP) is 4.98. The van der Waals surface area contributed by atoms with Gasteiger partial charge in [-0.2, -0.15) is 13.2 Å². The molecule has 1 atom stereocenters. The fourth-order valence-corrected chi connectivity index (χ4v) is 3.99. The molecule has 0 radical (unpaired) electrons. The van der Waals surface area contributed by atoms with Crippen molar-refractivity contribution in [1.82, 2.24) is 10.2 Å². The number of thiophene rings is 1. The maximum absolute atomic E-state index is 14.6. The van der Waals surface area contributed by atoms with E-state index in [4.69, 9.17) is 11.6 Å². The van der Waals surface area contributed by atoms with Crippen molar-refractivity contribution in [2.24, 2.45) is 0 Å². The van der Waals surface area contributed by atoms with E-state index in [2.05, 4.69) is 5.32 Å². The Labute approximate surface area is 158 Å². The van der Waals surface area contributed by atoms with Crippen LogP contribution in [0.15, 0.2) is 29.6 Å². The minimum Gasteiger partial charge on any atom is -0.314 e. The molecule has 1 aromatic carbocycles. The zero-order chi connectivity index (χ0) is 17.3. The van der Waals surface area contributed by atoms with E-state index >= 15 is 0 Å². The van der Waals surface area contributed by atoms with Crippen LogP contribution >= 0.6 is 35.3 Å². The molecular formula is C16H16Cl2F4N2S. The van der Waals surface area contributed by atoms with Crippen LogP contribution in [0.2, 0.25) is 5.02 Å². The van der Waals surface area contributed by atoms with Crippen LogP contribution in [0.25, 0.3) is 0 Å². The average molecular weight is 415 g/mol. The van der Waals surface area contributed by atoms with E-state index in [-0.39, 0.29) is 18.0 Å². The first-order chi connectivity index (χ1) is 11.4. The summed E-state index contributed by atoms with van der Waals surface area (Å²) in [7, 11) is 0. The molecule has 9 heteroatoms. The largest absolute Gasteiger partial charge is 0.416 e. The highest BCUT2D eigenvalue weighted by Crippen LogP contribution is 2.39. The van der Waals surface area contributed by atoms with Crippen LogP contribution < -0.4 is 5.32 Å². The zero-order valence-corrected chi connectivity index (χ0v) is 15.3. The third-order valence-corrected chi connectivity index (χ3v) is 5.21. The van der Waals surface area contributed by atoms with Crippen LogP contribution in [0, 0.1) is 5.82 Å². The van der Waals surface area contributed by atoms with Gasteiger partial charge in [0.25, 0.3) is 0 Å². The lowest BCUT2D eigenvalue weighted by atomic mass is 9.99. The minimum absolute atomic E-state index is 0. The highest BCUT2D eigenvalue weighted by atomic mass is 35.5. The summed E-state index contributed by atoms with van der Waals surface area (Å²) in [5, 5.41) is 4.52. The van der Waals surface area contributed by atoms with Gasteiger partial charge in [-0.1, -0.05) is 17.7 Å². The van der Waals surface area contributed by atoms with Crippen molar-refractivity contribution in [2.45, 2.75) is 12.2 Å². The summed E-state index contributed by atoms with van der Waals surface area (Å²) >= 11 is 7.16. The van der Waals surface area contributed by atoms with Gasteiger partial charge in [0, 0.05) is 36.6 Å². The summed E-state index contributed by atoms with van der Waals surface area (Å²) in [4.78, 5) is 2.78. The minimum atomic E-state index is -4.57. The van der Waals surface area contributed by atoms with E-state index < -0.39 is 28.6 Å². The van der Waals surface area contributed by atoms with Crippen LogP contribution in [0.1, 0.15) is 22.0 Å². The zero-order valence-electron chi connectivity index (χ0n) is 12.9. The van der Waals surface area contributed by atoms with E-state index in [0.717, 1.165) is 10.9 Å². The third kappa shape index (κ3) is 4.46. The van der Waals surface area contributed by atoms with Crippen molar-refractivity contribution in [3.63, 3.8) is 0 Å². The molecule has 0 unspecified atom stereocenters. The highest BCUT2D eigenvalue weighted by molar-refractivity contribution is 7.10. The van der Waals surface area contributed by atoms with Crippen LogP contribution in [0.5, 0.6) is 0 Å². The number of hydrogen-bond acceptors (Lipinski definition) is 3. The summed E-state index contributed by atoms with van der Waals surface area (Å²) in [6, 6.07) is 4.57. The van der Waals surface area contributed by atoms with Gasteiger partial charge >= 0.3 is 6.18 Å². The molecule has 138 valence electrons. The van der Waals surface area contributed by atoms with Gasteiger partial charge < -0.3 is 5.32 Å². The Kier molecular flexibility index (Phi) is 6.73. The molecule has 2 heterocycles. The molecule has 1 N–H and O–H groups in total. The summed E-state index contributed by atoms with van der Waals surface area (Å²) in [5.74, 6) is -0.790. The molecular weight excluding hydrogens is 399 g/mol. The number of hydrogen-bond donors (Lipinski definition) is 1. The van der Waals surface area contributed by atoms with Gasteiger partial charge in [-0.25, -0.2) is 4.39 Å². The Morgan fingerprint density at radius 2 is 1.88 bits per heavy atom. The van der Waals surface area contributed by atoms with Crippen molar-refractivity contribution < 1.29 is 17.6 Å². The molecule has 1 aliphatic heterocycles. The van der Waals surface area contributed by atoms with E-state index in [9.17, 15) is 17.6 Å². The molecule has 0 spiro atoms. The first-order valence-corrected chi connectivity index (χ1v) is 8.68. The fourth-order valence-electron chi connectivity index (χ4n) is 2.89. The van der Waals surface area contributed by atoms with Gasteiger partial charge in [0.15, 0.2) is 0 Å². The second kappa shape index (κ2) is 8.22. The number of halogens is 6. The second-order valence-electron chi connectivity index (χ2n) is 5.56. The number of piperazine rings is 1. The molecule has 1 aliphatic rings. The summed E-state index contributed by atoms with van der Waals surface area (Å²) < 4.78 is 54.0. The smallest absolute Gasteiger partial charge is 0.314 e. The van der Waals surface area contributed by atoms with Crippen LogP contribution in [-0.2, 0) is 6.18 Å². The number of nitrogens with zero attached hydrogens (tertiary/aromatic N) is 1. The second-order valence-corrected chi connectivity index (χ2v) is 6.95. The molecule has 2 nitrogen and oxygen atoms in total. The third-order valence-electron chi connectivity index (χ3n) is 4.01. The summed E-state index contributed by atoms with van der Waals surface area (Å²) in [5.41, 5.74) is -0.959. The Hall–Kier alpha value is -0.860. The molecule has 0 amide bonds. The lowest BCUT2D eigenvalue weighted by Gasteiger charge is -2.35. The molecule has 0 saturated carbocycles. The highest BCUT2D eigenvalue weighted by Gasteiger charge is 2.35. The van der Waals surface area contributed by atoms with E-state index in [1.165, 1.54) is 11.3 Å². The van der Waals surface area contributed by atoms with Crippen molar-refractivity contribution in [1.29, 1.82) is 0 Å². The SMILES string of the molecule is Cl.Fc1c(Cl)cc(C(F)(F)F)cc1[C@H](c1cccs1)N1CCNCC1. The van der Waals surface area contributed by atoms with E-state index in [1.807, 2.05) is 22.4 Å². The maximum atomic E-state index is 14.6. The Morgan fingerprint density at radius 1 is 1.20 bits per heavy atom. The van der Waals surface area contributed by atoms with Crippen molar-refractivity contribution in [3.8, 4) is 0 Å². The standard InChI is InChI=1S/C16H15ClF4N2S.ClH/c17-12-9-10(16(19,20)21)8-11(14(12)18)15(13-2-1-7-24-13)23-5-3-22-4-6-23;/h1-2,7-9,15,22H,3-6H2;1H/t15-;/m1./s1. The molecule has 2 aromatic rings. The van der Waals surface area contributed by atoms with Gasteiger partial charge in [0.1, 0.15) is 5.82 Å². The van der Waals surface area contributed by atoms with Crippen molar-refractivity contribution in [2.75, 3.05) is 26.2 Å². The van der Waals surface area contributed by atoms with Gasteiger partial charge in [0.2, 0.25) is 0 Å². The Morgan fingerprint density at radius 3 is 2.44 bits per heavy atom. The normalized spacial score (nSPS) is 17.2. The molecule has 25 heavy (non-hydrogen) atoms. The van der Waals surface area contributed by atoms with Crippen LogP contribution in [0.3, 0.4) is 0 Å². The first-order valence-electron chi connectivity index (χ1n) is 7.42. The lowest BCUT2D eigenvalue weighted by Crippen LogP contribution is -2.45. The maximum Gasteiger partial charge on any atom is 0.416 e. The predicted molar refractivity (Wildman–Crippen MR) is 94.3 cm³/mol. The number of alkyl halides is 3. The monoisotopic (exact) mass is 414 g/mol. The first kappa shape index (κ1) is 20.5. The number of benzene rings is 1. The number of nitrogens with one attached hydrogen (secondary N) is 1. The quantitative estimate of drug-likeness (QED) is 0.712. The van der Waals surface area contributed by atoms with Crippen LogP contribution in [-0.4, -0.2) is 31.1 Å². The molecule has 1 fully saturated rings. The Bertz CT molecular complexity index is 701. The average Bonchev–Trinajstić information content (AvgIpc) is 3.05. The molecule has 0 aliphatic carbocycles. The van der Waals surface area contributed by atoms with Gasteiger partial charge in [-0.05, 0) is 23.6 Å². The van der Waals surface area contributed by atoms with Crippen molar-refractivity contribution in [3.05, 3.63) is 56.5 Å². The van der Waals surface area contributed by atoms with E-state index in [0.29, 0.717) is 32.2 Å². The fraction of sp³-hybridized carbons (Fsp3) is 0.375. The lowest BCUT2D eigenvalue weighted by molar-refractivity contribution is -0.137. The topological polar surface area (TPSA) is 15.3 Å². The summed E-state index contributed by atoms with van der Waals surface area (Å²) in [6.45, 7) is 2.65. The molecule has 1 saturated heterocycles. The van der Waals surface area contributed by atoms with Crippen LogP contribution in [0.4, 0.5) is 17.6 Å². The molecule has 1 aromatic heterocycles. The molecule has 3 rings (SSSR count). The van der Waals surface area contributed by atoms with Crippen molar-refractivity contribution >= 4 is 35.3 Å². The van der Waals surface area contributed by atoms with E-state index in [1.54, 1.807) is 0 Å². The van der Waals surface area contributed by atoms with Gasteiger partial charge in [-0.3, -0.25) is 4.90 Å².